The zero-order valence-corrected chi connectivity index (χ0v) is 73.6. The fraction of sp³-hybridized carbons (Fsp3) is 0.838. The van der Waals surface area contributed by atoms with Crippen molar-refractivity contribution in [3.8, 4) is 0 Å². The van der Waals surface area contributed by atoms with Crippen LogP contribution in [0.2, 0.25) is 0 Å². The van der Waals surface area contributed by atoms with Gasteiger partial charge in [0.2, 0.25) is 23.8 Å². The van der Waals surface area contributed by atoms with Gasteiger partial charge < -0.3 is 79.0 Å². The molecule has 12 rings (SSSR count). The van der Waals surface area contributed by atoms with Crippen LogP contribution in [-0.4, -0.2) is 212 Å². The third-order valence-corrected chi connectivity index (χ3v) is 35.6. The van der Waals surface area contributed by atoms with E-state index in [1.54, 1.807) is 0 Å². The van der Waals surface area contributed by atoms with Gasteiger partial charge in [-0.25, -0.2) is 28.7 Å². The fourth-order valence-electron chi connectivity index (χ4n) is 17.1. The molecule has 548 valence electrons. The molecule has 4 saturated heterocycles. The van der Waals surface area contributed by atoms with Gasteiger partial charge in [0.1, 0.15) is 24.2 Å². The van der Waals surface area contributed by atoms with Crippen molar-refractivity contribution in [1.29, 1.82) is 0 Å². The Morgan fingerprint density at radius 3 is 0.936 bits per heavy atom. The van der Waals surface area contributed by atoms with Gasteiger partial charge in [-0.1, -0.05) is 40.5 Å². The van der Waals surface area contributed by atoms with Crippen molar-refractivity contribution in [2.24, 2.45) is 31.8 Å². The molecule has 12 nitrogen and oxygen atoms in total. The van der Waals surface area contributed by atoms with Crippen LogP contribution in [-0.2, 0) is 69.4 Å². The molecular formula is C74H152Cr4N12P4+4. The minimum absolute atomic E-state index is 0. The van der Waals surface area contributed by atoms with Crippen LogP contribution in [0, 0.1) is 71.2 Å². The fourth-order valence-corrected chi connectivity index (χ4v) is 32.8. The predicted octanol–water partition coefficient (Wildman–Crippen LogP) is 18.6. The number of aliphatic imine (C=N–C) groups is 4. The molecule has 0 bridgehead atoms. The Hall–Kier alpha value is 0.930. The first kappa shape index (κ1) is 101. The van der Waals surface area contributed by atoms with Crippen LogP contribution in [0.3, 0.4) is 0 Å². The van der Waals surface area contributed by atoms with E-state index in [-0.39, 0.29) is 129 Å². The molecule has 20 heteroatoms. The van der Waals surface area contributed by atoms with Crippen LogP contribution >= 0.6 is 32.3 Å². The van der Waals surface area contributed by atoms with Crippen molar-refractivity contribution in [2.75, 3.05) is 104 Å². The largest absolute Gasteiger partial charge is 2.00 e. The molecule has 8 fully saturated rings. The quantitative estimate of drug-likeness (QED) is 0.126. The molecule has 0 aromatic heterocycles. The maximum absolute atomic E-state index is 5.14. The molecule has 2 atom stereocenters. The summed E-state index contributed by atoms with van der Waals surface area (Å²) in [5.41, 5.74) is 5.76. The molecule has 94 heavy (non-hydrogen) atoms. The molecule has 8 heterocycles. The van der Waals surface area contributed by atoms with Crippen molar-refractivity contribution >= 4 is 56.1 Å². The van der Waals surface area contributed by atoms with Crippen LogP contribution in [0.1, 0.15) is 236 Å². The van der Waals surface area contributed by atoms with E-state index in [2.05, 4.69) is 108 Å². The van der Waals surface area contributed by atoms with E-state index in [1.807, 2.05) is 0 Å². The summed E-state index contributed by atoms with van der Waals surface area (Å²) >= 11 is 0. The molecule has 0 aromatic carbocycles. The minimum atomic E-state index is -0.510. The topological polar surface area (TPSA) is 75.4 Å². The average Bonchev–Trinajstić information content (AvgIpc) is 1.13. The number of nitrogens with zero attached hydrogens (tertiary/aromatic N) is 12. The van der Waals surface area contributed by atoms with Gasteiger partial charge in [-0.05, 0) is 207 Å². The molecule has 4 aliphatic carbocycles. The van der Waals surface area contributed by atoms with Crippen molar-refractivity contribution in [3.63, 3.8) is 0 Å². The third kappa shape index (κ3) is 28.2. The van der Waals surface area contributed by atoms with Crippen LogP contribution < -0.4 is 0 Å². The first-order chi connectivity index (χ1) is 39.8. The summed E-state index contributed by atoms with van der Waals surface area (Å²) in [5, 5.41) is 0. The molecule has 8 aliphatic heterocycles. The van der Waals surface area contributed by atoms with E-state index < -0.39 is 32.3 Å². The van der Waals surface area contributed by atoms with E-state index in [1.165, 1.54) is 282 Å². The summed E-state index contributed by atoms with van der Waals surface area (Å²) in [5.74, 6) is 7.17. The van der Waals surface area contributed by atoms with Gasteiger partial charge >= 0.3 is 69.4 Å². The summed E-state index contributed by atoms with van der Waals surface area (Å²) in [6, 6.07) is 1.06. The Labute approximate surface area is 636 Å². The van der Waals surface area contributed by atoms with Gasteiger partial charge in [-0.3, -0.25) is 9.98 Å². The molecule has 12 aliphatic rings. The van der Waals surface area contributed by atoms with E-state index in [0.717, 1.165) is 58.9 Å². The molecule has 2 unspecified atom stereocenters. The summed E-state index contributed by atoms with van der Waals surface area (Å²) in [7, 11) is -1.85. The normalized spacial score (nSPS) is 23.0. The second-order valence-corrected chi connectivity index (χ2v) is 41.4. The molecule has 0 amide bonds. The van der Waals surface area contributed by atoms with E-state index in [0.29, 0.717) is 12.1 Å². The maximum atomic E-state index is 5.14. The van der Waals surface area contributed by atoms with Gasteiger partial charge in [0.15, 0.2) is 0 Å². The third-order valence-electron chi connectivity index (χ3n) is 20.7. The van der Waals surface area contributed by atoms with E-state index >= 15 is 0 Å². The van der Waals surface area contributed by atoms with Gasteiger partial charge in [0.05, 0.1) is 92.6 Å². The second-order valence-electron chi connectivity index (χ2n) is 29.2. The van der Waals surface area contributed by atoms with Gasteiger partial charge in [0, 0.05) is 65.4 Å². The Morgan fingerprint density at radius 1 is 0.319 bits per heavy atom. The van der Waals surface area contributed by atoms with Gasteiger partial charge in [-0.15, -0.1) is 0 Å². The van der Waals surface area contributed by atoms with Crippen LogP contribution in [0.5, 0.6) is 0 Å². The summed E-state index contributed by atoms with van der Waals surface area (Å²) in [6.45, 7) is 40.8. The van der Waals surface area contributed by atoms with Crippen LogP contribution in [0.4, 0.5) is 0 Å². The zero-order valence-electron chi connectivity index (χ0n) is 64.5. The molecule has 0 spiro atoms. The van der Waals surface area contributed by atoms with Crippen molar-refractivity contribution in [1.82, 2.24) is 38.3 Å². The first-order valence-corrected chi connectivity index (χ1v) is 42.3. The Bertz CT molecular complexity index is 1990. The Morgan fingerprint density at radius 2 is 0.596 bits per heavy atom. The van der Waals surface area contributed by atoms with Crippen molar-refractivity contribution < 1.29 is 69.4 Å². The van der Waals surface area contributed by atoms with Crippen LogP contribution in [0.15, 0.2) is 20.0 Å². The second kappa shape index (κ2) is 52.0. The van der Waals surface area contributed by atoms with Gasteiger partial charge in [-0.2, -0.15) is 0 Å². The number of rotatable bonds is 14. The molecular weight excluding hydrogens is 1390 g/mol. The average molecular weight is 1540 g/mol. The SMILES string of the molecule is C1CCC([PH+](C2CCCCC2)N2CCCN3CCCN=C32)CC1.CC(C)C[PH+](CC(C)C)N1CCCN2CCCN=C21.CC1CCN2CCCN([PH+](C(C)C)C(C)C)C2=N1.CC1CCN2CCCN([PH+](C3CCCC3)C3CCCC3)C2=N1.[CH3-].[CH3-].[CH3-].[CH3-].[CH3-].[CH3-].[CH3-].[CH3-].[Cr+2].[Cr+2].[Cr+2].[Cr+2]. The van der Waals surface area contributed by atoms with Crippen LogP contribution in [0.25, 0.3) is 0 Å². The monoisotopic (exact) mass is 1540 g/mol. The smallest absolute Gasteiger partial charge is 0.358 e. The number of guanidine groups is 4. The standard InChI is InChI=1S/C19H34N3P.C18H32N3P.C15H30N3P.C14H28N3P.8CH3.4Cr/c1-3-9-17(10-4-1)23(18-11-5-2-6-12-18)22-16-8-15-21-14-7-13-20-19(21)22;1-15-11-14-20-12-6-13-21(18(20)19-15)22(16-7-2-3-8-16)17-9-4-5-10-17;1-13(2)11-19(12-14(3)4)18-10-6-9-17-8-5-7-16-15(17)18;1-11(2)18(12(3)4)17-9-6-8-16-10-7-13(5)15-14(16)17;;;;;;;;;;;;/h17-18H,1-16H2;15-17H,2-14H2,1H3;13-14H,5-12H2,1-4H3;11-13H,6-10H2,1-5H3;8*1H3;;;;/q;;;;8*-1;4*+2/p+4. The zero-order chi connectivity index (χ0) is 57.5. The predicted molar refractivity (Wildman–Crippen MR) is 421 cm³/mol. The molecule has 4 saturated carbocycles. The van der Waals surface area contributed by atoms with Crippen molar-refractivity contribution in [2.45, 2.75) is 282 Å². The Kier molecular flexibility index (Phi) is 56.0. The molecule has 0 radical (unpaired) electrons. The van der Waals surface area contributed by atoms with E-state index in [9.17, 15) is 0 Å². The number of fused-ring (bicyclic) bond motifs is 4. The number of hydrogen-bond acceptors (Lipinski definition) is 12. The number of hydrogen-bond donors (Lipinski definition) is 0. The summed E-state index contributed by atoms with van der Waals surface area (Å²) in [6.07, 6.45) is 40.2. The molecule has 0 aromatic rings. The molecule has 0 N–H and O–H groups in total. The Balaban J connectivity index is -0.000000554. The summed E-state index contributed by atoms with van der Waals surface area (Å²) in [4.78, 5) is 30.3. The maximum Gasteiger partial charge on any atom is 2.00 e. The van der Waals surface area contributed by atoms with Crippen molar-refractivity contribution in [3.05, 3.63) is 59.4 Å². The summed E-state index contributed by atoms with van der Waals surface area (Å²) < 4.78 is 11.2. The van der Waals surface area contributed by atoms with Gasteiger partial charge in [0.25, 0.3) is 0 Å². The van der Waals surface area contributed by atoms with E-state index in [4.69, 9.17) is 20.0 Å². The first-order valence-electron chi connectivity index (χ1n) is 35.6. The minimum Gasteiger partial charge on any atom is -0.358 e.